The molecule has 1 aliphatic carbocycles. The molecular formula is C15H22ClNO. The summed E-state index contributed by atoms with van der Waals surface area (Å²) >= 11 is 5.94. The van der Waals surface area contributed by atoms with Crippen molar-refractivity contribution in [1.29, 1.82) is 0 Å². The van der Waals surface area contributed by atoms with Crippen LogP contribution in [0.25, 0.3) is 0 Å². The van der Waals surface area contributed by atoms with Gasteiger partial charge in [0.2, 0.25) is 0 Å². The first-order valence-corrected chi connectivity index (χ1v) is 7.05. The fourth-order valence-corrected chi connectivity index (χ4v) is 3.30. The highest BCUT2D eigenvalue weighted by Crippen LogP contribution is 2.41. The molecule has 0 aliphatic heterocycles. The highest BCUT2D eigenvalue weighted by atomic mass is 35.5. The Morgan fingerprint density at radius 3 is 2.17 bits per heavy atom. The van der Waals surface area contributed by atoms with Crippen molar-refractivity contribution in [2.75, 3.05) is 14.1 Å². The molecule has 1 atom stereocenters. The van der Waals surface area contributed by atoms with Gasteiger partial charge in [0.15, 0.2) is 0 Å². The number of halogens is 1. The molecule has 0 saturated heterocycles. The highest BCUT2D eigenvalue weighted by molar-refractivity contribution is 6.30. The lowest BCUT2D eigenvalue weighted by Gasteiger charge is -2.42. The average Bonchev–Trinajstić information content (AvgIpc) is 2.32. The standard InChI is InChI=1S/C15H22ClNO/c1-17(2)14(12-6-8-13(16)9-7-12)15(18)10-4-3-5-11-15/h6-9,14,18H,3-5,10-11H2,1-2H3. The summed E-state index contributed by atoms with van der Waals surface area (Å²) in [5.74, 6) is 0. The van der Waals surface area contributed by atoms with Crippen LogP contribution in [-0.2, 0) is 0 Å². The molecule has 100 valence electrons. The fraction of sp³-hybridized carbons (Fsp3) is 0.600. The Balaban J connectivity index is 2.30. The molecule has 18 heavy (non-hydrogen) atoms. The van der Waals surface area contributed by atoms with E-state index in [-0.39, 0.29) is 6.04 Å². The van der Waals surface area contributed by atoms with Gasteiger partial charge >= 0.3 is 0 Å². The maximum Gasteiger partial charge on any atom is 0.0843 e. The molecule has 1 N–H and O–H groups in total. The zero-order chi connectivity index (χ0) is 13.2. The van der Waals surface area contributed by atoms with E-state index in [1.807, 2.05) is 38.4 Å². The summed E-state index contributed by atoms with van der Waals surface area (Å²) in [6.07, 6.45) is 5.25. The Labute approximate surface area is 115 Å². The molecule has 3 heteroatoms. The number of hydrogen-bond donors (Lipinski definition) is 1. The molecule has 2 nitrogen and oxygen atoms in total. The van der Waals surface area contributed by atoms with Crippen LogP contribution in [-0.4, -0.2) is 29.7 Å². The average molecular weight is 268 g/mol. The van der Waals surface area contributed by atoms with Crippen molar-refractivity contribution in [3.05, 3.63) is 34.9 Å². The maximum atomic E-state index is 10.9. The Kier molecular flexibility index (Phi) is 4.31. The van der Waals surface area contributed by atoms with Crippen molar-refractivity contribution in [1.82, 2.24) is 4.90 Å². The van der Waals surface area contributed by atoms with Crippen molar-refractivity contribution in [2.24, 2.45) is 0 Å². The lowest BCUT2D eigenvalue weighted by Crippen LogP contribution is -2.44. The fourth-order valence-electron chi connectivity index (χ4n) is 3.17. The number of aliphatic hydroxyl groups is 1. The minimum atomic E-state index is -0.602. The van der Waals surface area contributed by atoms with Crippen LogP contribution in [0.1, 0.15) is 43.7 Å². The molecule has 1 aliphatic rings. The van der Waals surface area contributed by atoms with Crippen molar-refractivity contribution >= 4 is 11.6 Å². The maximum absolute atomic E-state index is 10.9. The summed E-state index contributed by atoms with van der Waals surface area (Å²) in [6.45, 7) is 0. The molecule has 2 rings (SSSR count). The third kappa shape index (κ3) is 2.87. The number of likely N-dealkylation sites (N-methyl/N-ethyl adjacent to an activating group) is 1. The van der Waals surface area contributed by atoms with Crippen molar-refractivity contribution in [3.8, 4) is 0 Å². The van der Waals surface area contributed by atoms with E-state index in [2.05, 4.69) is 4.90 Å². The van der Waals surface area contributed by atoms with Crippen LogP contribution in [0.15, 0.2) is 24.3 Å². The molecule has 1 unspecified atom stereocenters. The van der Waals surface area contributed by atoms with Crippen LogP contribution in [0, 0.1) is 0 Å². The lowest BCUT2D eigenvalue weighted by molar-refractivity contribution is -0.0622. The second-order valence-electron chi connectivity index (χ2n) is 5.58. The van der Waals surface area contributed by atoms with E-state index in [1.165, 1.54) is 6.42 Å². The Morgan fingerprint density at radius 2 is 1.67 bits per heavy atom. The van der Waals surface area contributed by atoms with Crippen LogP contribution < -0.4 is 0 Å². The van der Waals surface area contributed by atoms with Gasteiger partial charge in [0.25, 0.3) is 0 Å². The molecule has 1 fully saturated rings. The predicted octanol–water partition coefficient (Wildman–Crippen LogP) is 3.64. The molecule has 0 amide bonds. The minimum Gasteiger partial charge on any atom is -0.388 e. The summed E-state index contributed by atoms with van der Waals surface area (Å²) in [5.41, 5.74) is 0.545. The SMILES string of the molecule is CN(C)C(c1ccc(Cl)cc1)C1(O)CCCCC1. The molecule has 1 aromatic rings. The normalized spacial score (nSPS) is 20.9. The van der Waals surface area contributed by atoms with Gasteiger partial charge in [0, 0.05) is 5.02 Å². The largest absolute Gasteiger partial charge is 0.388 e. The van der Waals surface area contributed by atoms with E-state index in [9.17, 15) is 5.11 Å². The van der Waals surface area contributed by atoms with Crippen LogP contribution in [0.4, 0.5) is 0 Å². The quantitative estimate of drug-likeness (QED) is 0.904. The number of nitrogens with zero attached hydrogens (tertiary/aromatic N) is 1. The van der Waals surface area contributed by atoms with Crippen molar-refractivity contribution in [3.63, 3.8) is 0 Å². The van der Waals surface area contributed by atoms with E-state index in [4.69, 9.17) is 11.6 Å². The van der Waals surface area contributed by atoms with Crippen LogP contribution in [0.5, 0.6) is 0 Å². The first kappa shape index (κ1) is 13.9. The van der Waals surface area contributed by atoms with Gasteiger partial charge in [0.05, 0.1) is 11.6 Å². The van der Waals surface area contributed by atoms with Gasteiger partial charge in [-0.25, -0.2) is 0 Å². The minimum absolute atomic E-state index is 0.0510. The van der Waals surface area contributed by atoms with E-state index < -0.39 is 5.60 Å². The molecule has 0 heterocycles. The predicted molar refractivity (Wildman–Crippen MR) is 75.9 cm³/mol. The summed E-state index contributed by atoms with van der Waals surface area (Å²) in [4.78, 5) is 2.12. The van der Waals surface area contributed by atoms with Gasteiger partial charge in [0.1, 0.15) is 0 Å². The zero-order valence-corrected chi connectivity index (χ0v) is 12.0. The summed E-state index contributed by atoms with van der Waals surface area (Å²) < 4.78 is 0. The second kappa shape index (κ2) is 5.60. The number of benzene rings is 1. The molecule has 0 spiro atoms. The summed E-state index contributed by atoms with van der Waals surface area (Å²) in [6, 6.07) is 7.91. The molecule has 1 aromatic carbocycles. The van der Waals surface area contributed by atoms with Gasteiger partial charge in [-0.3, -0.25) is 4.90 Å². The van der Waals surface area contributed by atoms with Crippen LogP contribution in [0.2, 0.25) is 5.02 Å². The number of hydrogen-bond acceptors (Lipinski definition) is 2. The van der Waals surface area contributed by atoms with Crippen molar-refractivity contribution in [2.45, 2.75) is 43.7 Å². The molecule has 0 aromatic heterocycles. The van der Waals surface area contributed by atoms with E-state index in [0.717, 1.165) is 36.3 Å². The monoisotopic (exact) mass is 267 g/mol. The van der Waals surface area contributed by atoms with Crippen LogP contribution in [0.3, 0.4) is 0 Å². The van der Waals surface area contributed by atoms with Crippen molar-refractivity contribution < 1.29 is 5.11 Å². The Hall–Kier alpha value is -0.570. The van der Waals surface area contributed by atoms with Gasteiger partial charge in [-0.05, 0) is 44.6 Å². The van der Waals surface area contributed by atoms with Crippen LogP contribution >= 0.6 is 11.6 Å². The van der Waals surface area contributed by atoms with Gasteiger partial charge < -0.3 is 5.11 Å². The number of rotatable bonds is 3. The second-order valence-corrected chi connectivity index (χ2v) is 6.02. The van der Waals surface area contributed by atoms with Gasteiger partial charge in [-0.1, -0.05) is 43.0 Å². The first-order valence-electron chi connectivity index (χ1n) is 6.67. The summed E-state index contributed by atoms with van der Waals surface area (Å²) in [5, 5.41) is 11.7. The first-order chi connectivity index (χ1) is 8.53. The zero-order valence-electron chi connectivity index (χ0n) is 11.2. The third-order valence-electron chi connectivity index (χ3n) is 3.93. The lowest BCUT2D eigenvalue weighted by atomic mass is 9.76. The topological polar surface area (TPSA) is 23.5 Å². The molecule has 0 radical (unpaired) electrons. The smallest absolute Gasteiger partial charge is 0.0843 e. The Bertz CT molecular complexity index is 382. The van der Waals surface area contributed by atoms with Gasteiger partial charge in [-0.2, -0.15) is 0 Å². The summed E-state index contributed by atoms with van der Waals surface area (Å²) in [7, 11) is 4.07. The third-order valence-corrected chi connectivity index (χ3v) is 4.18. The Morgan fingerprint density at radius 1 is 1.11 bits per heavy atom. The van der Waals surface area contributed by atoms with E-state index >= 15 is 0 Å². The van der Waals surface area contributed by atoms with E-state index in [1.54, 1.807) is 0 Å². The van der Waals surface area contributed by atoms with E-state index in [0.29, 0.717) is 0 Å². The molecule has 1 saturated carbocycles. The molecule has 0 bridgehead atoms. The van der Waals surface area contributed by atoms with Gasteiger partial charge in [-0.15, -0.1) is 0 Å². The molecular weight excluding hydrogens is 246 g/mol. The highest BCUT2D eigenvalue weighted by Gasteiger charge is 2.39.